The van der Waals surface area contributed by atoms with Crippen LogP contribution in [-0.2, 0) is 14.4 Å². The van der Waals surface area contributed by atoms with E-state index in [2.05, 4.69) is 5.32 Å². The van der Waals surface area contributed by atoms with Crippen LogP contribution in [0.1, 0.15) is 31.2 Å². The maximum atomic E-state index is 12.4. The summed E-state index contributed by atoms with van der Waals surface area (Å²) < 4.78 is 0. The topological polar surface area (TPSA) is 66.5 Å². The Bertz CT molecular complexity index is 718. The van der Waals surface area contributed by atoms with Crippen molar-refractivity contribution in [3.8, 4) is 0 Å². The molecule has 0 bridgehead atoms. The highest BCUT2D eigenvalue weighted by Gasteiger charge is 2.46. The molecule has 132 valence electrons. The number of carbonyl (C=O) groups is 3. The fraction of sp³-hybridized carbons (Fsp3) is 0.421. The Balaban J connectivity index is 1.51. The molecule has 25 heavy (non-hydrogen) atoms. The second-order valence-electron chi connectivity index (χ2n) is 6.59. The summed E-state index contributed by atoms with van der Waals surface area (Å²) >= 11 is 5.94. The molecular weight excluding hydrogens is 340 g/mol. The van der Waals surface area contributed by atoms with Crippen LogP contribution in [0.2, 0.25) is 5.02 Å². The summed E-state index contributed by atoms with van der Waals surface area (Å²) in [5, 5.41) is 3.39. The number of hydrogen-bond acceptors (Lipinski definition) is 3. The Morgan fingerprint density at radius 2 is 1.84 bits per heavy atom. The number of halogens is 1. The van der Waals surface area contributed by atoms with Gasteiger partial charge in [-0.3, -0.25) is 19.3 Å². The predicted molar refractivity (Wildman–Crippen MR) is 96.1 cm³/mol. The zero-order chi connectivity index (χ0) is 18.0. The van der Waals surface area contributed by atoms with E-state index in [4.69, 9.17) is 11.6 Å². The molecule has 1 aromatic rings. The number of rotatable bonds is 5. The van der Waals surface area contributed by atoms with Gasteiger partial charge in [-0.15, -0.1) is 0 Å². The summed E-state index contributed by atoms with van der Waals surface area (Å²) in [6.45, 7) is 2.19. The molecule has 6 heteroatoms. The number of carbonyl (C=O) groups excluding carboxylic acids is 3. The van der Waals surface area contributed by atoms with E-state index < -0.39 is 0 Å². The minimum absolute atomic E-state index is 0.0922. The summed E-state index contributed by atoms with van der Waals surface area (Å²) in [4.78, 5) is 38.2. The van der Waals surface area contributed by atoms with Gasteiger partial charge in [0.1, 0.15) is 0 Å². The molecule has 0 unspecified atom stereocenters. The van der Waals surface area contributed by atoms with Crippen molar-refractivity contribution in [2.45, 2.75) is 32.6 Å². The van der Waals surface area contributed by atoms with E-state index >= 15 is 0 Å². The molecule has 0 aromatic heterocycles. The lowest BCUT2D eigenvalue weighted by atomic mass is 9.85. The first-order valence-electron chi connectivity index (χ1n) is 8.53. The molecule has 1 aromatic carbocycles. The zero-order valence-corrected chi connectivity index (χ0v) is 14.9. The lowest BCUT2D eigenvalue weighted by molar-refractivity contribution is -0.140. The first kappa shape index (κ1) is 17.7. The fourth-order valence-corrected chi connectivity index (χ4v) is 3.60. The van der Waals surface area contributed by atoms with Crippen LogP contribution < -0.4 is 5.32 Å². The third-order valence-electron chi connectivity index (χ3n) is 4.86. The molecule has 0 radical (unpaired) electrons. The third-order valence-corrected chi connectivity index (χ3v) is 5.09. The van der Waals surface area contributed by atoms with Crippen molar-refractivity contribution in [3.05, 3.63) is 40.9 Å². The number of aryl methyl sites for hydroxylation is 1. The highest BCUT2D eigenvalue weighted by Crippen LogP contribution is 2.35. The van der Waals surface area contributed by atoms with E-state index in [0.29, 0.717) is 36.5 Å². The predicted octanol–water partition coefficient (Wildman–Crippen LogP) is 3.32. The van der Waals surface area contributed by atoms with Gasteiger partial charge in [-0.05, 0) is 43.9 Å². The number of hydrogen-bond donors (Lipinski definition) is 1. The second-order valence-corrected chi connectivity index (χ2v) is 7.03. The van der Waals surface area contributed by atoms with Crippen LogP contribution in [-0.4, -0.2) is 29.2 Å². The third kappa shape index (κ3) is 3.76. The van der Waals surface area contributed by atoms with E-state index in [0.717, 1.165) is 5.56 Å². The summed E-state index contributed by atoms with van der Waals surface area (Å²) in [5.41, 5.74) is 1.61. The zero-order valence-electron chi connectivity index (χ0n) is 14.1. The molecule has 3 rings (SSSR count). The van der Waals surface area contributed by atoms with Crippen LogP contribution in [0.3, 0.4) is 0 Å². The summed E-state index contributed by atoms with van der Waals surface area (Å²) in [7, 11) is 0. The van der Waals surface area contributed by atoms with Gasteiger partial charge in [0.2, 0.25) is 17.7 Å². The molecule has 1 aliphatic carbocycles. The van der Waals surface area contributed by atoms with Gasteiger partial charge in [0, 0.05) is 23.7 Å². The minimum Gasteiger partial charge on any atom is -0.326 e. The number of nitrogens with one attached hydrogen (secondary N) is 1. The summed E-state index contributed by atoms with van der Waals surface area (Å²) in [5.74, 6) is -0.750. The van der Waals surface area contributed by atoms with Crippen molar-refractivity contribution < 1.29 is 14.4 Å². The molecule has 5 nitrogen and oxygen atoms in total. The van der Waals surface area contributed by atoms with Crippen molar-refractivity contribution >= 4 is 35.0 Å². The molecule has 0 saturated carbocycles. The Morgan fingerprint density at radius 1 is 1.20 bits per heavy atom. The lowest BCUT2D eigenvalue weighted by Crippen LogP contribution is -2.32. The molecule has 1 fully saturated rings. The number of imide groups is 1. The smallest absolute Gasteiger partial charge is 0.233 e. The molecule has 2 aliphatic rings. The molecule has 3 amide bonds. The number of fused-ring (bicyclic) bond motifs is 1. The van der Waals surface area contributed by atoms with Crippen LogP contribution in [0.15, 0.2) is 30.4 Å². The van der Waals surface area contributed by atoms with E-state index in [1.54, 1.807) is 12.1 Å². The van der Waals surface area contributed by atoms with Crippen molar-refractivity contribution in [3.63, 3.8) is 0 Å². The maximum Gasteiger partial charge on any atom is 0.233 e. The Hall–Kier alpha value is -2.14. The first-order chi connectivity index (χ1) is 12.0. The van der Waals surface area contributed by atoms with Crippen LogP contribution in [0.25, 0.3) is 0 Å². The number of likely N-dealkylation sites (tertiary alicyclic amines) is 1. The molecule has 1 saturated heterocycles. The monoisotopic (exact) mass is 360 g/mol. The van der Waals surface area contributed by atoms with Crippen LogP contribution in [0.5, 0.6) is 0 Å². The average molecular weight is 361 g/mol. The Kier molecular flexibility index (Phi) is 5.23. The molecule has 1 heterocycles. The van der Waals surface area contributed by atoms with Gasteiger partial charge >= 0.3 is 0 Å². The molecule has 1 aliphatic heterocycles. The van der Waals surface area contributed by atoms with Gasteiger partial charge in [-0.2, -0.15) is 0 Å². The molecular formula is C19H21ClN2O3. The summed E-state index contributed by atoms with van der Waals surface area (Å²) in [6.07, 6.45) is 5.92. The molecule has 2 atom stereocenters. The standard InChI is InChI=1S/C19H21ClN2O3/c1-12-8-9-13(20)11-16(12)21-17(23)7-4-10-22-18(24)14-5-2-3-6-15(14)19(22)25/h2-3,8-9,11,14-15H,4-7,10H2,1H3,(H,21,23)/t14-,15-/m1/s1. The van der Waals surface area contributed by atoms with Crippen LogP contribution in [0, 0.1) is 18.8 Å². The average Bonchev–Trinajstić information content (AvgIpc) is 2.83. The number of anilines is 1. The number of amides is 3. The van der Waals surface area contributed by atoms with E-state index in [1.807, 2.05) is 25.1 Å². The first-order valence-corrected chi connectivity index (χ1v) is 8.91. The van der Waals surface area contributed by atoms with Crippen LogP contribution >= 0.6 is 11.6 Å². The lowest BCUT2D eigenvalue weighted by Gasteiger charge is -2.14. The van der Waals surface area contributed by atoms with Gasteiger partial charge in [0.25, 0.3) is 0 Å². The van der Waals surface area contributed by atoms with Crippen molar-refractivity contribution in [1.29, 1.82) is 0 Å². The SMILES string of the molecule is Cc1ccc(Cl)cc1NC(=O)CCCN1C(=O)[C@@H]2CC=CC[C@H]2C1=O. The second kappa shape index (κ2) is 7.40. The highest BCUT2D eigenvalue weighted by atomic mass is 35.5. The quantitative estimate of drug-likeness (QED) is 0.647. The Morgan fingerprint density at radius 3 is 2.48 bits per heavy atom. The molecule has 0 spiro atoms. The normalized spacial score (nSPS) is 22.2. The van der Waals surface area contributed by atoms with Gasteiger partial charge in [-0.1, -0.05) is 29.8 Å². The van der Waals surface area contributed by atoms with E-state index in [1.165, 1.54) is 4.90 Å². The number of nitrogens with zero attached hydrogens (tertiary/aromatic N) is 1. The van der Waals surface area contributed by atoms with Gasteiger partial charge in [0.15, 0.2) is 0 Å². The van der Waals surface area contributed by atoms with Gasteiger partial charge in [-0.25, -0.2) is 0 Å². The van der Waals surface area contributed by atoms with Crippen LogP contribution in [0.4, 0.5) is 5.69 Å². The van der Waals surface area contributed by atoms with E-state index in [9.17, 15) is 14.4 Å². The van der Waals surface area contributed by atoms with Gasteiger partial charge in [0.05, 0.1) is 11.8 Å². The largest absolute Gasteiger partial charge is 0.326 e. The van der Waals surface area contributed by atoms with Crippen molar-refractivity contribution in [1.82, 2.24) is 4.90 Å². The molecule has 1 N–H and O–H groups in total. The minimum atomic E-state index is -0.208. The Labute approximate surface area is 152 Å². The van der Waals surface area contributed by atoms with Crippen molar-refractivity contribution in [2.75, 3.05) is 11.9 Å². The van der Waals surface area contributed by atoms with Crippen molar-refractivity contribution in [2.24, 2.45) is 11.8 Å². The summed E-state index contributed by atoms with van der Waals surface area (Å²) in [6, 6.07) is 5.32. The fourth-order valence-electron chi connectivity index (χ4n) is 3.43. The maximum absolute atomic E-state index is 12.4. The highest BCUT2D eigenvalue weighted by molar-refractivity contribution is 6.31. The number of benzene rings is 1. The van der Waals surface area contributed by atoms with Gasteiger partial charge < -0.3 is 5.32 Å². The van der Waals surface area contributed by atoms with E-state index in [-0.39, 0.29) is 36.0 Å². The number of allylic oxidation sites excluding steroid dienone is 2.